The van der Waals surface area contributed by atoms with Gasteiger partial charge in [-0.15, -0.1) is 0 Å². The second-order valence-corrected chi connectivity index (χ2v) is 5.18. The molecule has 2 fully saturated rings. The minimum Gasteiger partial charge on any atom is -0.462 e. The van der Waals surface area contributed by atoms with E-state index in [1.54, 1.807) is 0 Å². The quantitative estimate of drug-likeness (QED) is 0.512. The van der Waals surface area contributed by atoms with Gasteiger partial charge in [0.25, 0.3) is 0 Å². The Morgan fingerprint density at radius 1 is 1.40 bits per heavy atom. The maximum atomic E-state index is 11.3. The van der Waals surface area contributed by atoms with Crippen LogP contribution in [0.1, 0.15) is 32.6 Å². The zero-order valence-corrected chi connectivity index (χ0v) is 9.19. The van der Waals surface area contributed by atoms with Crippen molar-refractivity contribution >= 4 is 5.97 Å². The van der Waals surface area contributed by atoms with Crippen LogP contribution in [-0.4, -0.2) is 12.1 Å². The Hall–Kier alpha value is -0.790. The van der Waals surface area contributed by atoms with Gasteiger partial charge < -0.3 is 4.74 Å². The van der Waals surface area contributed by atoms with Crippen molar-refractivity contribution in [1.29, 1.82) is 0 Å². The zero-order valence-electron chi connectivity index (χ0n) is 9.19. The number of carbonyl (C=O) groups excluding carboxylic acids is 1. The smallest absolute Gasteiger partial charge is 0.305 e. The van der Waals surface area contributed by atoms with Crippen molar-refractivity contribution in [1.82, 2.24) is 0 Å². The number of hydrogen-bond donors (Lipinski definition) is 0. The number of carbonyl (C=O) groups is 1. The summed E-state index contributed by atoms with van der Waals surface area (Å²) in [6.45, 7) is 1.87. The Balaban J connectivity index is 1.69. The van der Waals surface area contributed by atoms with Gasteiger partial charge in [-0.3, -0.25) is 4.79 Å². The van der Waals surface area contributed by atoms with Crippen LogP contribution in [0, 0.1) is 23.7 Å². The van der Waals surface area contributed by atoms with Crippen molar-refractivity contribution < 1.29 is 9.53 Å². The first-order valence-corrected chi connectivity index (χ1v) is 6.15. The molecule has 3 aliphatic carbocycles. The van der Waals surface area contributed by atoms with Crippen molar-refractivity contribution in [3.05, 3.63) is 12.2 Å². The molecule has 2 saturated carbocycles. The minimum atomic E-state index is -0.0185. The molecule has 15 heavy (non-hydrogen) atoms. The molecule has 0 heterocycles. The summed E-state index contributed by atoms with van der Waals surface area (Å²) in [5.74, 6) is 3.04. The van der Waals surface area contributed by atoms with E-state index in [4.69, 9.17) is 4.74 Å². The summed E-state index contributed by atoms with van der Waals surface area (Å²) in [6.07, 6.45) is 9.09. The van der Waals surface area contributed by atoms with Crippen LogP contribution in [0.3, 0.4) is 0 Å². The molecule has 3 aliphatic rings. The van der Waals surface area contributed by atoms with Crippen LogP contribution < -0.4 is 0 Å². The normalized spacial score (nSPS) is 45.8. The van der Waals surface area contributed by atoms with Gasteiger partial charge in [-0.05, 0) is 42.9 Å². The minimum absolute atomic E-state index is 0.0185. The SMILES string of the molecule is CCC(=O)OC1C[C@@H]2C[C@@H]1[C@H]1CC=C[C@@H]21. The third-order valence-electron chi connectivity index (χ3n) is 4.51. The molecule has 1 unspecified atom stereocenters. The highest BCUT2D eigenvalue weighted by Gasteiger charge is 2.53. The lowest BCUT2D eigenvalue weighted by molar-refractivity contribution is -0.152. The molecule has 0 aliphatic heterocycles. The van der Waals surface area contributed by atoms with Crippen LogP contribution in [0.2, 0.25) is 0 Å². The molecule has 0 aromatic carbocycles. The van der Waals surface area contributed by atoms with E-state index in [2.05, 4.69) is 12.2 Å². The van der Waals surface area contributed by atoms with Gasteiger partial charge in [0.05, 0.1) is 0 Å². The van der Waals surface area contributed by atoms with Crippen LogP contribution in [-0.2, 0) is 9.53 Å². The standard InChI is InChI=1S/C13H18O2/c1-2-13(14)15-12-7-8-6-11(12)10-5-3-4-9(8)10/h3-4,8-12H,2,5-7H2,1H3/t8-,9-,10-,11+,12?/m0/s1. The fraction of sp³-hybridized carbons (Fsp3) is 0.769. The average Bonchev–Trinajstić information content (AvgIpc) is 2.87. The van der Waals surface area contributed by atoms with Crippen LogP contribution in [0.4, 0.5) is 0 Å². The van der Waals surface area contributed by atoms with Crippen molar-refractivity contribution in [3.8, 4) is 0 Å². The summed E-state index contributed by atoms with van der Waals surface area (Å²) < 4.78 is 5.54. The molecule has 3 rings (SSSR count). The number of allylic oxidation sites excluding steroid dienone is 2. The van der Waals surface area contributed by atoms with Gasteiger partial charge in [0.1, 0.15) is 6.10 Å². The lowest BCUT2D eigenvalue weighted by Crippen LogP contribution is -2.32. The number of rotatable bonds is 2. The monoisotopic (exact) mass is 206 g/mol. The van der Waals surface area contributed by atoms with E-state index in [0.717, 1.165) is 24.2 Å². The van der Waals surface area contributed by atoms with E-state index >= 15 is 0 Å². The Morgan fingerprint density at radius 3 is 3.07 bits per heavy atom. The van der Waals surface area contributed by atoms with Crippen molar-refractivity contribution in [3.63, 3.8) is 0 Å². The Labute approximate surface area is 90.7 Å². The van der Waals surface area contributed by atoms with E-state index < -0.39 is 0 Å². The summed E-state index contributed by atoms with van der Waals surface area (Å²) in [5.41, 5.74) is 0. The van der Waals surface area contributed by atoms with Crippen LogP contribution >= 0.6 is 0 Å². The third kappa shape index (κ3) is 1.34. The van der Waals surface area contributed by atoms with E-state index in [1.807, 2.05) is 6.92 Å². The van der Waals surface area contributed by atoms with Gasteiger partial charge >= 0.3 is 5.97 Å². The average molecular weight is 206 g/mol. The molecular weight excluding hydrogens is 188 g/mol. The summed E-state index contributed by atoms with van der Waals surface area (Å²) in [5, 5.41) is 0. The second-order valence-electron chi connectivity index (χ2n) is 5.18. The van der Waals surface area contributed by atoms with Gasteiger partial charge in [0.2, 0.25) is 0 Å². The third-order valence-corrected chi connectivity index (χ3v) is 4.51. The van der Waals surface area contributed by atoms with E-state index in [9.17, 15) is 4.79 Å². The van der Waals surface area contributed by atoms with Crippen LogP contribution in [0.15, 0.2) is 12.2 Å². The molecule has 0 aromatic rings. The Morgan fingerprint density at radius 2 is 2.27 bits per heavy atom. The summed E-state index contributed by atoms with van der Waals surface area (Å²) in [4.78, 5) is 11.3. The topological polar surface area (TPSA) is 26.3 Å². The molecule has 82 valence electrons. The molecule has 2 bridgehead atoms. The molecule has 2 nitrogen and oxygen atoms in total. The van der Waals surface area contributed by atoms with E-state index in [0.29, 0.717) is 12.3 Å². The first-order valence-electron chi connectivity index (χ1n) is 6.15. The van der Waals surface area contributed by atoms with Gasteiger partial charge in [-0.25, -0.2) is 0 Å². The molecule has 0 saturated heterocycles. The second kappa shape index (κ2) is 3.36. The van der Waals surface area contributed by atoms with E-state index in [1.165, 1.54) is 12.8 Å². The molecule has 0 aromatic heterocycles. The molecule has 5 atom stereocenters. The first-order chi connectivity index (χ1) is 7.29. The highest BCUT2D eigenvalue weighted by molar-refractivity contribution is 5.69. The first kappa shape index (κ1) is 9.44. The summed E-state index contributed by atoms with van der Waals surface area (Å²) in [6, 6.07) is 0. The Kier molecular flexibility index (Phi) is 2.11. The number of hydrogen-bond acceptors (Lipinski definition) is 2. The van der Waals surface area contributed by atoms with E-state index in [-0.39, 0.29) is 12.1 Å². The zero-order chi connectivity index (χ0) is 10.4. The molecular formula is C13H18O2. The maximum absolute atomic E-state index is 11.3. The number of fused-ring (bicyclic) bond motifs is 5. The number of ether oxygens (including phenoxy) is 1. The molecule has 0 radical (unpaired) electrons. The van der Waals surface area contributed by atoms with Crippen molar-refractivity contribution in [2.75, 3.05) is 0 Å². The fourth-order valence-corrected chi connectivity index (χ4v) is 3.88. The highest BCUT2D eigenvalue weighted by Crippen LogP contribution is 2.57. The molecule has 0 amide bonds. The van der Waals surface area contributed by atoms with Gasteiger partial charge in [-0.2, -0.15) is 0 Å². The maximum Gasteiger partial charge on any atom is 0.305 e. The van der Waals surface area contributed by atoms with Crippen molar-refractivity contribution in [2.45, 2.75) is 38.7 Å². The Bertz CT molecular complexity index is 308. The molecule has 2 heteroatoms. The van der Waals surface area contributed by atoms with Gasteiger partial charge in [0.15, 0.2) is 0 Å². The summed E-state index contributed by atoms with van der Waals surface area (Å²) >= 11 is 0. The van der Waals surface area contributed by atoms with Gasteiger partial charge in [0, 0.05) is 6.42 Å². The molecule has 0 N–H and O–H groups in total. The number of esters is 1. The highest BCUT2D eigenvalue weighted by atomic mass is 16.5. The van der Waals surface area contributed by atoms with Gasteiger partial charge in [-0.1, -0.05) is 19.1 Å². The lowest BCUT2D eigenvalue weighted by atomic mass is 9.80. The summed E-state index contributed by atoms with van der Waals surface area (Å²) in [7, 11) is 0. The largest absolute Gasteiger partial charge is 0.462 e. The fourth-order valence-electron chi connectivity index (χ4n) is 3.88. The molecule has 0 spiro atoms. The predicted octanol–water partition coefficient (Wildman–Crippen LogP) is 2.54. The lowest BCUT2D eigenvalue weighted by Gasteiger charge is -2.30. The van der Waals surface area contributed by atoms with Crippen LogP contribution in [0.25, 0.3) is 0 Å². The van der Waals surface area contributed by atoms with Crippen molar-refractivity contribution in [2.24, 2.45) is 23.7 Å². The predicted molar refractivity (Wildman–Crippen MR) is 57.1 cm³/mol. The van der Waals surface area contributed by atoms with Crippen LogP contribution in [0.5, 0.6) is 0 Å².